The molecule has 2 saturated carbocycles. The third-order valence-electron chi connectivity index (χ3n) is 6.72. The Morgan fingerprint density at radius 1 is 1.17 bits per heavy atom. The minimum atomic E-state index is -0.950. The number of benzene rings is 1. The van der Waals surface area contributed by atoms with E-state index >= 15 is 0 Å². The van der Waals surface area contributed by atoms with Crippen molar-refractivity contribution in [2.45, 2.75) is 37.9 Å². The van der Waals surface area contributed by atoms with Crippen LogP contribution in [0.25, 0.3) is 10.9 Å². The van der Waals surface area contributed by atoms with Crippen LogP contribution in [-0.2, 0) is 4.74 Å². The van der Waals surface area contributed by atoms with E-state index in [1.807, 2.05) is 6.92 Å². The summed E-state index contributed by atoms with van der Waals surface area (Å²) < 4.78 is 27.7. The number of hydrogen-bond acceptors (Lipinski definition) is 11. The number of hydrogen-bond donors (Lipinski definition) is 0. The number of pyridine rings is 1. The lowest BCUT2D eigenvalue weighted by Crippen LogP contribution is -2.38. The van der Waals surface area contributed by atoms with Crippen molar-refractivity contribution in [1.82, 2.24) is 15.0 Å². The Balaban J connectivity index is 1.37. The van der Waals surface area contributed by atoms with Crippen molar-refractivity contribution in [3.63, 3.8) is 0 Å². The number of nitro groups is 1. The van der Waals surface area contributed by atoms with E-state index in [1.54, 1.807) is 12.1 Å². The van der Waals surface area contributed by atoms with Gasteiger partial charge in [-0.3, -0.25) is 15.1 Å². The predicted molar refractivity (Wildman–Crippen MR) is 120 cm³/mol. The molecule has 12 heteroatoms. The fourth-order valence-corrected chi connectivity index (χ4v) is 4.81. The molecule has 3 atom stereocenters. The number of non-ortho nitro benzene ring substituents is 1. The van der Waals surface area contributed by atoms with E-state index < -0.39 is 22.8 Å². The highest BCUT2D eigenvalue weighted by Gasteiger charge is 2.76. The summed E-state index contributed by atoms with van der Waals surface area (Å²) in [5.74, 6) is 0.608. The second kappa shape index (κ2) is 8.22. The van der Waals surface area contributed by atoms with Crippen LogP contribution in [-0.4, -0.2) is 52.0 Å². The van der Waals surface area contributed by atoms with Crippen molar-refractivity contribution in [2.24, 2.45) is 5.41 Å². The summed E-state index contributed by atoms with van der Waals surface area (Å²) in [7, 11) is 2.94. The smallest absolute Gasteiger partial charge is 0.481 e. The number of aromatic nitrogens is 3. The number of ether oxygens (including phenoxy) is 5. The Morgan fingerprint density at radius 2 is 1.91 bits per heavy atom. The van der Waals surface area contributed by atoms with Crippen LogP contribution in [0.5, 0.6) is 23.5 Å². The molecule has 35 heavy (non-hydrogen) atoms. The van der Waals surface area contributed by atoms with Crippen LogP contribution in [0.2, 0.25) is 0 Å². The number of nitro benzene ring substituents is 1. The first-order chi connectivity index (χ1) is 16.8. The van der Waals surface area contributed by atoms with Gasteiger partial charge in [0.15, 0.2) is 11.4 Å². The molecule has 0 saturated heterocycles. The fraction of sp³-hybridized carbons (Fsp3) is 0.391. The van der Waals surface area contributed by atoms with E-state index in [0.29, 0.717) is 12.8 Å². The van der Waals surface area contributed by atoms with E-state index in [2.05, 4.69) is 15.0 Å². The average Bonchev–Trinajstić information content (AvgIpc) is 3.35. The van der Waals surface area contributed by atoms with Crippen LogP contribution >= 0.6 is 0 Å². The summed E-state index contributed by atoms with van der Waals surface area (Å²) >= 11 is 0. The molecule has 0 bridgehead atoms. The van der Waals surface area contributed by atoms with Gasteiger partial charge >= 0.3 is 12.2 Å². The molecule has 12 nitrogen and oxygen atoms in total. The molecule has 2 fully saturated rings. The van der Waals surface area contributed by atoms with Gasteiger partial charge in [-0.05, 0) is 31.0 Å². The first-order valence-electron chi connectivity index (χ1n) is 10.9. The van der Waals surface area contributed by atoms with E-state index in [9.17, 15) is 14.9 Å². The zero-order valence-corrected chi connectivity index (χ0v) is 19.2. The van der Waals surface area contributed by atoms with E-state index in [1.165, 1.54) is 38.6 Å². The fourth-order valence-electron chi connectivity index (χ4n) is 4.81. The number of methoxy groups -OCH3 is 2. The highest BCUT2D eigenvalue weighted by molar-refractivity contribution is 5.93. The third-order valence-corrected chi connectivity index (χ3v) is 6.72. The Morgan fingerprint density at radius 3 is 2.57 bits per heavy atom. The minimum absolute atomic E-state index is 0.0456. The molecule has 5 rings (SSSR count). The van der Waals surface area contributed by atoms with Crippen molar-refractivity contribution in [3.8, 4) is 23.5 Å². The quantitative estimate of drug-likeness (QED) is 0.209. The zero-order valence-electron chi connectivity index (χ0n) is 19.2. The number of rotatable bonds is 7. The second-order valence-corrected chi connectivity index (χ2v) is 8.70. The molecule has 2 aromatic heterocycles. The summed E-state index contributed by atoms with van der Waals surface area (Å²) in [6.45, 7) is 2.01. The highest BCUT2D eigenvalue weighted by atomic mass is 16.7. The van der Waals surface area contributed by atoms with Gasteiger partial charge in [0, 0.05) is 24.1 Å². The van der Waals surface area contributed by atoms with Gasteiger partial charge in [0.05, 0.1) is 30.6 Å². The van der Waals surface area contributed by atoms with Crippen LogP contribution in [0.3, 0.4) is 0 Å². The van der Waals surface area contributed by atoms with Crippen molar-refractivity contribution < 1.29 is 33.4 Å². The van der Waals surface area contributed by atoms with Crippen molar-refractivity contribution in [3.05, 3.63) is 46.6 Å². The molecule has 0 radical (unpaired) electrons. The first kappa shape index (κ1) is 22.6. The lowest BCUT2D eigenvalue weighted by atomic mass is 10.1. The van der Waals surface area contributed by atoms with Gasteiger partial charge in [-0.15, -0.1) is 0 Å². The molecule has 2 aliphatic carbocycles. The largest absolute Gasteiger partial charge is 0.514 e. The summed E-state index contributed by atoms with van der Waals surface area (Å²) in [4.78, 5) is 36.2. The van der Waals surface area contributed by atoms with Crippen LogP contribution in [0.4, 0.5) is 10.5 Å². The Bertz CT molecular complexity index is 1310. The number of fused-ring (bicyclic) bond motifs is 2. The average molecular weight is 482 g/mol. The van der Waals surface area contributed by atoms with Gasteiger partial charge in [0.1, 0.15) is 11.6 Å². The van der Waals surface area contributed by atoms with Crippen LogP contribution in [0.15, 0.2) is 36.5 Å². The monoisotopic (exact) mass is 482 g/mol. The van der Waals surface area contributed by atoms with E-state index in [0.717, 1.165) is 6.42 Å². The van der Waals surface area contributed by atoms with Gasteiger partial charge in [-0.25, -0.2) is 4.79 Å². The number of carbonyl (C=O) groups is 1. The van der Waals surface area contributed by atoms with Gasteiger partial charge in [0.2, 0.25) is 11.8 Å². The first-order valence-corrected chi connectivity index (χ1v) is 10.9. The molecule has 182 valence electrons. The molecule has 0 amide bonds. The van der Waals surface area contributed by atoms with Crippen LogP contribution in [0.1, 0.15) is 26.2 Å². The number of carbonyl (C=O) groups excluding carboxylic acids is 1. The van der Waals surface area contributed by atoms with E-state index in [4.69, 9.17) is 23.7 Å². The lowest BCUT2D eigenvalue weighted by molar-refractivity contribution is -0.383. The molecule has 0 N–H and O–H groups in total. The molecular formula is C23H22N4O8. The molecule has 0 spiro atoms. The molecule has 1 aromatic carbocycles. The van der Waals surface area contributed by atoms with Crippen molar-refractivity contribution >= 4 is 22.7 Å². The Hall–Kier alpha value is -4.22. The standard InChI is InChI=1S/C23H22N4O8/c1-22-9-8-16(34-20-25-17(31-2)11-18(26-20)32-3)23(22,12-22)35-21(28)33-15-7-6-14(27(29)30)13-5-4-10-24-19(13)15/h4-7,10-11,16H,8-9,12H2,1-3H3. The summed E-state index contributed by atoms with van der Waals surface area (Å²) in [5, 5.41) is 11.6. The van der Waals surface area contributed by atoms with Gasteiger partial charge in [-0.2, -0.15) is 9.97 Å². The summed E-state index contributed by atoms with van der Waals surface area (Å²) in [6.07, 6.45) is 1.98. The molecule has 0 aliphatic heterocycles. The normalized spacial score (nSPS) is 24.4. The third kappa shape index (κ3) is 3.80. The molecule has 2 aliphatic rings. The lowest BCUT2D eigenvalue weighted by Gasteiger charge is -2.24. The highest BCUT2D eigenvalue weighted by Crippen LogP contribution is 2.69. The predicted octanol–water partition coefficient (Wildman–Crippen LogP) is 3.86. The minimum Gasteiger partial charge on any atom is -0.481 e. The van der Waals surface area contributed by atoms with Crippen LogP contribution in [0, 0.1) is 15.5 Å². The van der Waals surface area contributed by atoms with Crippen LogP contribution < -0.4 is 18.9 Å². The molecule has 3 unspecified atom stereocenters. The zero-order chi connectivity index (χ0) is 24.8. The number of nitrogens with zero attached hydrogens (tertiary/aromatic N) is 4. The van der Waals surface area contributed by atoms with Crippen molar-refractivity contribution in [2.75, 3.05) is 14.2 Å². The maximum atomic E-state index is 12.9. The van der Waals surface area contributed by atoms with Gasteiger partial charge in [0.25, 0.3) is 5.69 Å². The second-order valence-electron chi connectivity index (χ2n) is 8.70. The van der Waals surface area contributed by atoms with Gasteiger partial charge < -0.3 is 23.7 Å². The molecule has 3 aromatic rings. The Kier molecular flexibility index (Phi) is 5.30. The Labute approximate surface area is 199 Å². The summed E-state index contributed by atoms with van der Waals surface area (Å²) in [5.41, 5.74) is -1.16. The SMILES string of the molecule is COc1cc(OC)nc(OC2CCC3(C)CC23OC(=O)Oc2ccc([N+](=O)[O-])c3cccnc23)n1. The van der Waals surface area contributed by atoms with Gasteiger partial charge in [-0.1, -0.05) is 6.92 Å². The van der Waals surface area contributed by atoms with Crippen molar-refractivity contribution in [1.29, 1.82) is 0 Å². The molecular weight excluding hydrogens is 460 g/mol. The maximum absolute atomic E-state index is 12.9. The maximum Gasteiger partial charge on any atom is 0.514 e. The summed E-state index contributed by atoms with van der Waals surface area (Å²) in [6, 6.07) is 7.28. The van der Waals surface area contributed by atoms with E-state index in [-0.39, 0.29) is 45.5 Å². The molecule has 2 heterocycles. The topological polar surface area (TPSA) is 145 Å².